The predicted molar refractivity (Wildman–Crippen MR) is 95.7 cm³/mol. The van der Waals surface area contributed by atoms with Gasteiger partial charge in [0.25, 0.3) is 0 Å². The summed E-state index contributed by atoms with van der Waals surface area (Å²) in [5.41, 5.74) is 1.69. The molecule has 24 heavy (non-hydrogen) atoms. The molecule has 0 saturated carbocycles. The third kappa shape index (κ3) is 4.54. The Morgan fingerprint density at radius 3 is 2.75 bits per heavy atom. The molecule has 2 rings (SSSR count). The lowest BCUT2D eigenvalue weighted by molar-refractivity contribution is -0.131. The van der Waals surface area contributed by atoms with Gasteiger partial charge in [-0.2, -0.15) is 0 Å². The highest BCUT2D eigenvalue weighted by Gasteiger charge is 2.32. The fourth-order valence-electron chi connectivity index (χ4n) is 2.74. The smallest absolute Gasteiger partial charge is 0.224 e. The second-order valence-corrected chi connectivity index (χ2v) is 8.68. The van der Waals surface area contributed by atoms with Crippen molar-refractivity contribution < 1.29 is 17.9 Å². The summed E-state index contributed by atoms with van der Waals surface area (Å²) in [5.74, 6) is 0.768. The fraction of sp³-hybridized carbons (Fsp3) is 0.562. The molecule has 1 unspecified atom stereocenters. The minimum Gasteiger partial charge on any atom is -0.495 e. The van der Waals surface area contributed by atoms with Crippen molar-refractivity contribution in [1.82, 2.24) is 4.90 Å². The molecule has 1 aliphatic rings. The molecule has 0 radical (unpaired) electrons. The summed E-state index contributed by atoms with van der Waals surface area (Å²) in [7, 11) is 0.235. The van der Waals surface area contributed by atoms with Crippen LogP contribution in [0.25, 0.3) is 0 Å². The van der Waals surface area contributed by atoms with Gasteiger partial charge in [-0.05, 0) is 25.0 Å². The molecule has 6 nitrogen and oxygen atoms in total. The summed E-state index contributed by atoms with van der Waals surface area (Å²) in [4.78, 5) is 13.8. The number of nitrogens with zero attached hydrogens (tertiary/aromatic N) is 1. The molecule has 134 valence electrons. The number of benzene rings is 1. The Hall–Kier alpha value is -1.47. The van der Waals surface area contributed by atoms with Crippen molar-refractivity contribution in [3.63, 3.8) is 0 Å². The normalized spacial score (nSPS) is 19.1. The van der Waals surface area contributed by atoms with Crippen LogP contribution in [0.4, 0.5) is 5.69 Å². The third-order valence-electron chi connectivity index (χ3n) is 4.28. The van der Waals surface area contributed by atoms with Crippen LogP contribution in [0.2, 0.25) is 5.02 Å². The van der Waals surface area contributed by atoms with Crippen molar-refractivity contribution in [2.24, 2.45) is 0 Å². The zero-order chi connectivity index (χ0) is 17.9. The van der Waals surface area contributed by atoms with Crippen LogP contribution in [0.1, 0.15) is 18.4 Å². The van der Waals surface area contributed by atoms with Gasteiger partial charge in [-0.25, -0.2) is 8.42 Å². The zero-order valence-electron chi connectivity index (χ0n) is 14.1. The number of halogens is 1. The van der Waals surface area contributed by atoms with Crippen molar-refractivity contribution >= 4 is 33.0 Å². The molecule has 0 aliphatic carbocycles. The highest BCUT2D eigenvalue weighted by Crippen LogP contribution is 2.30. The Balaban J connectivity index is 1.90. The number of ether oxygens (including phenoxy) is 1. The van der Waals surface area contributed by atoms with E-state index in [4.69, 9.17) is 16.3 Å². The highest BCUT2D eigenvalue weighted by molar-refractivity contribution is 7.91. The summed E-state index contributed by atoms with van der Waals surface area (Å²) in [6, 6.07) is 3.39. The van der Waals surface area contributed by atoms with Gasteiger partial charge in [-0.15, -0.1) is 0 Å². The Morgan fingerprint density at radius 2 is 2.17 bits per heavy atom. The van der Waals surface area contributed by atoms with Gasteiger partial charge in [0.15, 0.2) is 9.84 Å². The first-order chi connectivity index (χ1) is 11.2. The number of sulfone groups is 1. The molecule has 0 spiro atoms. The number of hydrogen-bond donors (Lipinski definition) is 1. The quantitative estimate of drug-likeness (QED) is 0.825. The van der Waals surface area contributed by atoms with E-state index >= 15 is 0 Å². The highest BCUT2D eigenvalue weighted by atomic mass is 35.5. The first kappa shape index (κ1) is 18.9. The molecule has 1 fully saturated rings. The average Bonchev–Trinajstić information content (AvgIpc) is 2.89. The predicted octanol–water partition coefficient (Wildman–Crippen LogP) is 2.10. The number of methoxy groups -OCH3 is 1. The maximum absolute atomic E-state index is 12.2. The molecule has 8 heteroatoms. The Kier molecular flexibility index (Phi) is 5.98. The molecule has 1 atom stereocenters. The number of carbonyl (C=O) groups excluding carboxylic acids is 1. The van der Waals surface area contributed by atoms with E-state index in [2.05, 4.69) is 5.32 Å². The van der Waals surface area contributed by atoms with Crippen LogP contribution in [0.15, 0.2) is 12.1 Å². The van der Waals surface area contributed by atoms with E-state index in [9.17, 15) is 13.2 Å². The van der Waals surface area contributed by atoms with Crippen molar-refractivity contribution in [2.75, 3.05) is 37.5 Å². The zero-order valence-corrected chi connectivity index (χ0v) is 15.7. The van der Waals surface area contributed by atoms with Gasteiger partial charge in [0, 0.05) is 37.1 Å². The Bertz CT molecular complexity index is 721. The second-order valence-electron chi connectivity index (χ2n) is 6.04. The van der Waals surface area contributed by atoms with E-state index in [1.807, 2.05) is 13.0 Å². The molecule has 1 aromatic carbocycles. The van der Waals surface area contributed by atoms with Gasteiger partial charge >= 0.3 is 0 Å². The molecule has 1 N–H and O–H groups in total. The average molecular weight is 375 g/mol. The number of anilines is 1. The maximum Gasteiger partial charge on any atom is 0.224 e. The Labute approximate surface area is 148 Å². The summed E-state index contributed by atoms with van der Waals surface area (Å²) < 4.78 is 28.3. The lowest BCUT2D eigenvalue weighted by Crippen LogP contribution is -2.38. The number of nitrogens with one attached hydrogen (secondary N) is 1. The molecule has 0 bridgehead atoms. The van der Waals surface area contributed by atoms with Crippen LogP contribution in [0, 0.1) is 6.92 Å². The summed E-state index contributed by atoms with van der Waals surface area (Å²) in [5, 5.41) is 3.80. The van der Waals surface area contributed by atoms with Crippen molar-refractivity contribution in [3.05, 3.63) is 22.7 Å². The van der Waals surface area contributed by atoms with Gasteiger partial charge in [0.05, 0.1) is 24.3 Å². The van der Waals surface area contributed by atoms with Crippen LogP contribution in [-0.2, 0) is 14.6 Å². The maximum atomic E-state index is 12.2. The van der Waals surface area contributed by atoms with Gasteiger partial charge in [0.2, 0.25) is 5.91 Å². The lowest BCUT2D eigenvalue weighted by atomic mass is 10.2. The van der Waals surface area contributed by atoms with Gasteiger partial charge in [0.1, 0.15) is 5.75 Å². The molecule has 1 amide bonds. The van der Waals surface area contributed by atoms with Crippen molar-refractivity contribution in [3.8, 4) is 5.75 Å². The van der Waals surface area contributed by atoms with Crippen LogP contribution in [-0.4, -0.2) is 57.5 Å². The van der Waals surface area contributed by atoms with Crippen LogP contribution in [0.5, 0.6) is 5.75 Å². The fourth-order valence-corrected chi connectivity index (χ4v) is 4.66. The molecule has 1 saturated heterocycles. The van der Waals surface area contributed by atoms with Gasteiger partial charge < -0.3 is 15.0 Å². The minimum atomic E-state index is -2.99. The largest absolute Gasteiger partial charge is 0.495 e. The van der Waals surface area contributed by atoms with Crippen LogP contribution >= 0.6 is 11.6 Å². The number of hydrogen-bond acceptors (Lipinski definition) is 5. The minimum absolute atomic E-state index is 0.0624. The van der Waals surface area contributed by atoms with E-state index in [1.54, 1.807) is 25.1 Å². The molecule has 0 aromatic heterocycles. The summed E-state index contributed by atoms with van der Waals surface area (Å²) in [6.45, 7) is 2.33. The number of aryl methyl sites for hydroxylation is 1. The first-order valence-electron chi connectivity index (χ1n) is 7.77. The molecule has 1 aromatic rings. The number of rotatable bonds is 6. The Morgan fingerprint density at radius 1 is 1.46 bits per heavy atom. The van der Waals surface area contributed by atoms with Gasteiger partial charge in [-0.3, -0.25) is 4.79 Å². The van der Waals surface area contributed by atoms with E-state index in [0.29, 0.717) is 23.7 Å². The van der Waals surface area contributed by atoms with E-state index in [1.165, 1.54) is 0 Å². The van der Waals surface area contributed by atoms with Crippen molar-refractivity contribution in [2.45, 2.75) is 25.8 Å². The third-order valence-corrected chi connectivity index (χ3v) is 6.44. The molecule has 1 heterocycles. The number of amides is 1. The topological polar surface area (TPSA) is 75.7 Å². The SMILES string of the molecule is COc1cc(Cl)c(C)cc1NCCC(=O)N(C)C1CCS(=O)(=O)C1. The van der Waals surface area contributed by atoms with Crippen molar-refractivity contribution in [1.29, 1.82) is 0 Å². The van der Waals surface area contributed by atoms with E-state index in [0.717, 1.165) is 11.3 Å². The molecule has 1 aliphatic heterocycles. The second kappa shape index (κ2) is 7.61. The summed E-state index contributed by atoms with van der Waals surface area (Å²) in [6.07, 6.45) is 0.792. The van der Waals surface area contributed by atoms with Crippen LogP contribution in [0.3, 0.4) is 0 Å². The lowest BCUT2D eigenvalue weighted by Gasteiger charge is -2.23. The standard InChI is InChI=1S/C16H23ClN2O4S/c1-11-8-14(15(23-3)9-13(11)17)18-6-4-16(20)19(2)12-5-7-24(21,22)10-12/h8-9,12,18H,4-7,10H2,1-3H3. The van der Waals surface area contributed by atoms with Crippen LogP contribution < -0.4 is 10.1 Å². The monoisotopic (exact) mass is 374 g/mol. The van der Waals surface area contributed by atoms with Gasteiger partial charge in [-0.1, -0.05) is 11.6 Å². The van der Waals surface area contributed by atoms with E-state index in [-0.39, 0.29) is 29.9 Å². The number of carbonyl (C=O) groups is 1. The summed E-state index contributed by atoms with van der Waals surface area (Å²) >= 11 is 6.07. The molecular formula is C16H23ClN2O4S. The van der Waals surface area contributed by atoms with E-state index < -0.39 is 9.84 Å². The first-order valence-corrected chi connectivity index (χ1v) is 9.97. The molecular weight excluding hydrogens is 352 g/mol.